The van der Waals surface area contributed by atoms with E-state index in [1.54, 1.807) is 0 Å². The van der Waals surface area contributed by atoms with Crippen molar-refractivity contribution in [3.8, 4) is 0 Å². The summed E-state index contributed by atoms with van der Waals surface area (Å²) in [6.45, 7) is 3.82. The highest BCUT2D eigenvalue weighted by Gasteiger charge is 2.09. The number of carbonyl (C=O) groups is 1. The monoisotopic (exact) mass is 177 g/mol. The second-order valence-corrected chi connectivity index (χ2v) is 3.35. The minimum absolute atomic E-state index is 0.0698. The van der Waals surface area contributed by atoms with Crippen LogP contribution in [0.15, 0.2) is 24.3 Å². The van der Waals surface area contributed by atoms with Gasteiger partial charge in [-0.15, -0.1) is 0 Å². The highest BCUT2D eigenvalue weighted by molar-refractivity contribution is 5.97. The van der Waals surface area contributed by atoms with Gasteiger partial charge in [-0.2, -0.15) is 0 Å². The highest BCUT2D eigenvalue weighted by Crippen LogP contribution is 2.12. The van der Waals surface area contributed by atoms with E-state index in [-0.39, 0.29) is 11.7 Å². The van der Waals surface area contributed by atoms with E-state index >= 15 is 0 Å². The zero-order chi connectivity index (χ0) is 9.84. The van der Waals surface area contributed by atoms with E-state index in [2.05, 4.69) is 5.32 Å². The number of hydrogen-bond donors (Lipinski definition) is 1. The number of rotatable bonds is 3. The number of carbonyl (C=O) groups excluding carboxylic acids is 1. The van der Waals surface area contributed by atoms with Gasteiger partial charge in [0.1, 0.15) is 0 Å². The van der Waals surface area contributed by atoms with Gasteiger partial charge in [0, 0.05) is 24.2 Å². The van der Waals surface area contributed by atoms with Gasteiger partial charge in [-0.25, -0.2) is 0 Å². The molecule has 1 N–H and O–H groups in total. The van der Waals surface area contributed by atoms with Crippen LogP contribution >= 0.6 is 0 Å². The molecular formula is C11H15NO. The van der Waals surface area contributed by atoms with Crippen LogP contribution in [-0.4, -0.2) is 12.8 Å². The third-order valence-electron chi connectivity index (χ3n) is 1.98. The van der Waals surface area contributed by atoms with E-state index in [4.69, 9.17) is 0 Å². The van der Waals surface area contributed by atoms with Gasteiger partial charge in [-0.05, 0) is 24.3 Å². The highest BCUT2D eigenvalue weighted by atomic mass is 16.1. The van der Waals surface area contributed by atoms with E-state index in [1.807, 2.05) is 45.2 Å². The van der Waals surface area contributed by atoms with Crippen LogP contribution in [0.1, 0.15) is 24.2 Å². The first-order valence-electron chi connectivity index (χ1n) is 4.47. The number of hydrogen-bond acceptors (Lipinski definition) is 2. The molecule has 70 valence electrons. The molecule has 0 unspecified atom stereocenters. The summed E-state index contributed by atoms with van der Waals surface area (Å²) in [4.78, 5) is 11.5. The third-order valence-corrected chi connectivity index (χ3v) is 1.98. The maximum Gasteiger partial charge on any atom is 0.165 e. The van der Waals surface area contributed by atoms with Gasteiger partial charge in [-0.1, -0.05) is 13.8 Å². The summed E-state index contributed by atoms with van der Waals surface area (Å²) in [6, 6.07) is 7.54. The van der Waals surface area contributed by atoms with Gasteiger partial charge in [0.15, 0.2) is 5.78 Å². The van der Waals surface area contributed by atoms with Crippen molar-refractivity contribution in [2.24, 2.45) is 5.92 Å². The minimum Gasteiger partial charge on any atom is -0.388 e. The predicted molar refractivity (Wildman–Crippen MR) is 55.2 cm³/mol. The lowest BCUT2D eigenvalue weighted by atomic mass is 10.0. The van der Waals surface area contributed by atoms with Gasteiger partial charge in [0.05, 0.1) is 0 Å². The molecule has 0 aliphatic rings. The molecule has 1 rings (SSSR count). The number of ketones is 1. The molecule has 0 aliphatic heterocycles. The number of anilines is 1. The van der Waals surface area contributed by atoms with Crippen LogP contribution in [0, 0.1) is 5.92 Å². The van der Waals surface area contributed by atoms with E-state index in [0.717, 1.165) is 11.3 Å². The lowest BCUT2D eigenvalue weighted by molar-refractivity contribution is 0.0939. The molecule has 0 fully saturated rings. The molecule has 0 aromatic heterocycles. The normalized spacial score (nSPS) is 10.2. The van der Waals surface area contributed by atoms with Crippen LogP contribution in [0.25, 0.3) is 0 Å². The van der Waals surface area contributed by atoms with E-state index in [0.29, 0.717) is 0 Å². The molecule has 0 spiro atoms. The summed E-state index contributed by atoms with van der Waals surface area (Å²) in [5, 5.41) is 3.01. The first kappa shape index (κ1) is 9.78. The molecule has 0 radical (unpaired) electrons. The fraction of sp³-hybridized carbons (Fsp3) is 0.364. The first-order chi connectivity index (χ1) is 6.15. The molecule has 0 amide bonds. The Bertz CT molecular complexity index is 287. The van der Waals surface area contributed by atoms with Crippen LogP contribution in [0.4, 0.5) is 5.69 Å². The molecule has 0 bridgehead atoms. The van der Waals surface area contributed by atoms with Gasteiger partial charge >= 0.3 is 0 Å². The Morgan fingerprint density at radius 2 is 1.77 bits per heavy atom. The second kappa shape index (κ2) is 4.08. The van der Waals surface area contributed by atoms with Crippen LogP contribution in [0.3, 0.4) is 0 Å². The van der Waals surface area contributed by atoms with Crippen molar-refractivity contribution in [2.45, 2.75) is 13.8 Å². The summed E-state index contributed by atoms with van der Waals surface area (Å²) in [7, 11) is 1.86. The van der Waals surface area contributed by atoms with Gasteiger partial charge in [0.25, 0.3) is 0 Å². The fourth-order valence-corrected chi connectivity index (χ4v) is 1.13. The molecule has 0 aliphatic carbocycles. The lowest BCUT2D eigenvalue weighted by Crippen LogP contribution is -2.07. The molecule has 13 heavy (non-hydrogen) atoms. The fourth-order valence-electron chi connectivity index (χ4n) is 1.13. The third kappa shape index (κ3) is 2.31. The van der Waals surface area contributed by atoms with Gasteiger partial charge in [-0.3, -0.25) is 4.79 Å². The van der Waals surface area contributed by atoms with Crippen LogP contribution in [0.2, 0.25) is 0 Å². The molecule has 1 aromatic rings. The maximum atomic E-state index is 11.5. The van der Waals surface area contributed by atoms with Crippen molar-refractivity contribution in [3.05, 3.63) is 29.8 Å². The topological polar surface area (TPSA) is 29.1 Å². The summed E-state index contributed by atoms with van der Waals surface area (Å²) < 4.78 is 0. The van der Waals surface area contributed by atoms with Crippen molar-refractivity contribution in [1.29, 1.82) is 0 Å². The second-order valence-electron chi connectivity index (χ2n) is 3.35. The summed E-state index contributed by atoms with van der Waals surface area (Å²) in [6.07, 6.45) is 0. The molecule has 0 atom stereocenters. The van der Waals surface area contributed by atoms with E-state index < -0.39 is 0 Å². The largest absolute Gasteiger partial charge is 0.388 e. The minimum atomic E-state index is 0.0698. The Hall–Kier alpha value is -1.31. The van der Waals surface area contributed by atoms with Crippen molar-refractivity contribution >= 4 is 11.5 Å². The Balaban J connectivity index is 2.86. The predicted octanol–water partition coefficient (Wildman–Crippen LogP) is 2.57. The Morgan fingerprint density at radius 1 is 1.23 bits per heavy atom. The molecule has 2 nitrogen and oxygen atoms in total. The van der Waals surface area contributed by atoms with Gasteiger partial charge < -0.3 is 5.32 Å². The molecular weight excluding hydrogens is 162 g/mol. The van der Waals surface area contributed by atoms with Crippen LogP contribution in [-0.2, 0) is 0 Å². The molecule has 2 heteroatoms. The maximum absolute atomic E-state index is 11.5. The summed E-state index contributed by atoms with van der Waals surface area (Å²) >= 11 is 0. The Labute approximate surface area is 79.0 Å². The number of benzene rings is 1. The van der Waals surface area contributed by atoms with Crippen LogP contribution in [0.5, 0.6) is 0 Å². The lowest BCUT2D eigenvalue weighted by Gasteiger charge is -2.05. The van der Waals surface area contributed by atoms with E-state index in [9.17, 15) is 4.79 Å². The summed E-state index contributed by atoms with van der Waals surface area (Å²) in [5.74, 6) is 0.267. The molecule has 0 saturated heterocycles. The zero-order valence-corrected chi connectivity index (χ0v) is 8.29. The molecule has 1 aromatic carbocycles. The molecule has 0 saturated carbocycles. The Morgan fingerprint density at radius 3 is 2.15 bits per heavy atom. The zero-order valence-electron chi connectivity index (χ0n) is 8.29. The van der Waals surface area contributed by atoms with Gasteiger partial charge in [0.2, 0.25) is 0 Å². The van der Waals surface area contributed by atoms with Crippen molar-refractivity contribution in [1.82, 2.24) is 0 Å². The molecule has 0 heterocycles. The standard InChI is InChI=1S/C11H15NO/c1-8(2)11(13)9-4-6-10(12-3)7-5-9/h4-8,12H,1-3H3. The smallest absolute Gasteiger partial charge is 0.165 e. The van der Waals surface area contributed by atoms with Crippen molar-refractivity contribution < 1.29 is 4.79 Å². The van der Waals surface area contributed by atoms with Crippen molar-refractivity contribution in [2.75, 3.05) is 12.4 Å². The first-order valence-corrected chi connectivity index (χ1v) is 4.47. The number of nitrogens with one attached hydrogen (secondary N) is 1. The van der Waals surface area contributed by atoms with Crippen LogP contribution < -0.4 is 5.32 Å². The SMILES string of the molecule is CNc1ccc(C(=O)C(C)C)cc1. The quantitative estimate of drug-likeness (QED) is 0.719. The van der Waals surface area contributed by atoms with Crippen molar-refractivity contribution in [3.63, 3.8) is 0 Å². The summed E-state index contributed by atoms with van der Waals surface area (Å²) in [5.41, 5.74) is 1.81. The average molecular weight is 177 g/mol. The average Bonchev–Trinajstić information content (AvgIpc) is 2.17. The number of Topliss-reactive ketones (excluding diaryl/α,β-unsaturated/α-hetero) is 1. The Kier molecular flexibility index (Phi) is 3.07. The van der Waals surface area contributed by atoms with E-state index in [1.165, 1.54) is 0 Å².